The lowest BCUT2D eigenvalue weighted by atomic mass is 10.3. The average molecular weight is 231 g/mol. The van der Waals surface area contributed by atoms with E-state index >= 15 is 0 Å². The number of nitrogens with zero attached hydrogens (tertiary/aromatic N) is 5. The van der Waals surface area contributed by atoms with Crippen molar-refractivity contribution in [3.63, 3.8) is 0 Å². The van der Waals surface area contributed by atoms with E-state index in [4.69, 9.17) is 22.4 Å². The van der Waals surface area contributed by atoms with Gasteiger partial charge in [-0.05, 0) is 10.3 Å². The highest BCUT2D eigenvalue weighted by molar-refractivity contribution is 6.17. The van der Waals surface area contributed by atoms with Crippen LogP contribution in [0.5, 0.6) is 0 Å². The lowest BCUT2D eigenvalue weighted by Gasteiger charge is -1.99. The van der Waals surface area contributed by atoms with Crippen molar-refractivity contribution < 1.29 is 9.74 Å². The van der Waals surface area contributed by atoms with Crippen LogP contribution in [-0.2, 0) is 12.5 Å². The van der Waals surface area contributed by atoms with Gasteiger partial charge in [0, 0.05) is 0 Å². The van der Waals surface area contributed by atoms with Crippen LogP contribution in [-0.4, -0.2) is 30.4 Å². The number of hydrogen-bond donors (Lipinski definition) is 2. The highest BCUT2D eigenvalue weighted by atomic mass is 35.5. The van der Waals surface area contributed by atoms with E-state index in [0.717, 1.165) is 0 Å². The summed E-state index contributed by atoms with van der Waals surface area (Å²) in [6.07, 6.45) is 0. The molecule has 0 saturated heterocycles. The minimum absolute atomic E-state index is 0.0794. The zero-order valence-electron chi connectivity index (χ0n) is 7.46. The lowest BCUT2D eigenvalue weighted by molar-refractivity contribution is 0.275. The van der Waals surface area contributed by atoms with E-state index in [1.165, 1.54) is 4.68 Å². The molecule has 3 N–H and O–H groups in total. The summed E-state index contributed by atoms with van der Waals surface area (Å²) in [5.41, 5.74) is 6.35. The summed E-state index contributed by atoms with van der Waals surface area (Å²) < 4.78 is 5.71. The van der Waals surface area contributed by atoms with Gasteiger partial charge in [0.25, 0.3) is 0 Å². The average Bonchev–Trinajstić information content (AvgIpc) is 2.82. The Bertz CT molecular complexity index is 466. The van der Waals surface area contributed by atoms with Crippen molar-refractivity contribution >= 4 is 17.4 Å². The fourth-order valence-corrected chi connectivity index (χ4v) is 1.36. The molecule has 0 aliphatic carbocycles. The molecule has 0 spiro atoms. The molecule has 0 fully saturated rings. The molecule has 9 heteroatoms. The molecule has 0 aromatic carbocycles. The maximum atomic E-state index is 8.96. The number of nitrogen functional groups attached to an aromatic ring is 1. The maximum Gasteiger partial charge on any atom is 0.243 e. The van der Waals surface area contributed by atoms with Crippen LogP contribution in [0, 0.1) is 0 Å². The predicted molar refractivity (Wildman–Crippen MR) is 49.1 cm³/mol. The van der Waals surface area contributed by atoms with Gasteiger partial charge < -0.3 is 10.8 Å². The summed E-state index contributed by atoms with van der Waals surface area (Å²) in [4.78, 5) is 0. The number of aromatic nitrogens is 5. The number of hydrogen-bond acceptors (Lipinski definition) is 7. The van der Waals surface area contributed by atoms with Crippen molar-refractivity contribution in [1.82, 2.24) is 25.3 Å². The van der Waals surface area contributed by atoms with Gasteiger partial charge >= 0.3 is 0 Å². The first-order chi connectivity index (χ1) is 7.27. The number of halogens is 1. The van der Waals surface area contributed by atoms with Gasteiger partial charge in [-0.1, -0.05) is 5.21 Å². The van der Waals surface area contributed by atoms with E-state index in [-0.39, 0.29) is 24.1 Å². The minimum Gasteiger partial charge on any atom is -0.390 e. The molecule has 0 aliphatic rings. The number of anilines is 1. The van der Waals surface area contributed by atoms with Gasteiger partial charge in [-0.15, -0.1) is 16.7 Å². The summed E-state index contributed by atoms with van der Waals surface area (Å²) in [6.45, 7) is -0.257. The van der Waals surface area contributed by atoms with E-state index in [0.29, 0.717) is 11.4 Å². The van der Waals surface area contributed by atoms with Gasteiger partial charge in [0.1, 0.15) is 5.69 Å². The molecule has 0 aliphatic heterocycles. The Kier molecular flexibility index (Phi) is 2.52. The van der Waals surface area contributed by atoms with Crippen LogP contribution >= 0.6 is 11.6 Å². The summed E-state index contributed by atoms with van der Waals surface area (Å²) in [6, 6.07) is 0. The molecule has 2 aromatic rings. The SMILES string of the molecule is Nc1nonc1-n1nnc(CO)c1CCl. The fraction of sp³-hybridized carbons (Fsp3) is 0.333. The molecule has 0 atom stereocenters. The summed E-state index contributed by atoms with van der Waals surface area (Å²) in [7, 11) is 0. The zero-order chi connectivity index (χ0) is 10.8. The third kappa shape index (κ3) is 1.53. The van der Waals surface area contributed by atoms with E-state index in [1.807, 2.05) is 0 Å². The number of nitrogens with two attached hydrogens (primary N) is 1. The predicted octanol–water partition coefficient (Wildman–Crippen LogP) is -0.536. The largest absolute Gasteiger partial charge is 0.390 e. The third-order valence-corrected chi connectivity index (χ3v) is 2.07. The lowest BCUT2D eigenvalue weighted by Crippen LogP contribution is -2.05. The summed E-state index contributed by atoms with van der Waals surface area (Å²) >= 11 is 5.70. The van der Waals surface area contributed by atoms with E-state index in [2.05, 4.69) is 25.3 Å². The van der Waals surface area contributed by atoms with Crippen LogP contribution in [0.2, 0.25) is 0 Å². The Labute approximate surface area is 88.6 Å². The monoisotopic (exact) mass is 230 g/mol. The maximum absolute atomic E-state index is 8.96. The van der Waals surface area contributed by atoms with Gasteiger partial charge in [-0.3, -0.25) is 0 Å². The Hall–Kier alpha value is -1.67. The highest BCUT2D eigenvalue weighted by Gasteiger charge is 2.17. The second kappa shape index (κ2) is 3.83. The first-order valence-corrected chi connectivity index (χ1v) is 4.50. The second-order valence-corrected chi connectivity index (χ2v) is 2.93. The number of alkyl halides is 1. The van der Waals surface area contributed by atoms with Crippen molar-refractivity contribution in [2.24, 2.45) is 0 Å². The van der Waals surface area contributed by atoms with E-state index in [9.17, 15) is 0 Å². The Morgan fingerprint density at radius 3 is 2.80 bits per heavy atom. The standard InChI is InChI=1S/C6H7ClN6O2/c7-1-4-3(2-14)9-12-13(4)6-5(8)10-15-11-6/h14H,1-2H2,(H2,8,10). The molecule has 8 nitrogen and oxygen atoms in total. The number of aliphatic hydroxyl groups is 1. The fourth-order valence-electron chi connectivity index (χ4n) is 1.10. The molecule has 2 aromatic heterocycles. The molecule has 15 heavy (non-hydrogen) atoms. The summed E-state index contributed by atoms with van der Waals surface area (Å²) in [5.74, 6) is 0.406. The van der Waals surface area contributed by atoms with Gasteiger partial charge in [0.15, 0.2) is 0 Å². The normalized spacial score (nSPS) is 10.8. The van der Waals surface area contributed by atoms with Crippen LogP contribution in [0.1, 0.15) is 11.4 Å². The van der Waals surface area contributed by atoms with Crippen molar-refractivity contribution in [1.29, 1.82) is 0 Å². The van der Waals surface area contributed by atoms with Crippen LogP contribution in [0.15, 0.2) is 4.63 Å². The number of rotatable bonds is 3. The van der Waals surface area contributed by atoms with Crippen LogP contribution in [0.4, 0.5) is 5.82 Å². The molecule has 0 saturated carbocycles. The Morgan fingerprint density at radius 1 is 1.47 bits per heavy atom. The first kappa shape index (κ1) is 9.87. The zero-order valence-corrected chi connectivity index (χ0v) is 8.22. The summed E-state index contributed by atoms with van der Waals surface area (Å²) in [5, 5.41) is 23.4. The topological polar surface area (TPSA) is 116 Å². The first-order valence-electron chi connectivity index (χ1n) is 3.96. The van der Waals surface area contributed by atoms with Gasteiger partial charge in [-0.2, -0.15) is 4.68 Å². The van der Waals surface area contributed by atoms with Crippen molar-refractivity contribution in [3.05, 3.63) is 11.4 Å². The molecule has 0 amide bonds. The molecular weight excluding hydrogens is 224 g/mol. The van der Waals surface area contributed by atoms with Crippen molar-refractivity contribution in [2.45, 2.75) is 12.5 Å². The molecule has 0 bridgehead atoms. The minimum atomic E-state index is -0.257. The Balaban J connectivity index is 2.53. The highest BCUT2D eigenvalue weighted by Crippen LogP contribution is 2.16. The van der Waals surface area contributed by atoms with Crippen LogP contribution < -0.4 is 5.73 Å². The molecule has 2 rings (SSSR count). The van der Waals surface area contributed by atoms with E-state index < -0.39 is 0 Å². The molecule has 0 unspecified atom stereocenters. The third-order valence-electron chi connectivity index (χ3n) is 1.82. The Morgan fingerprint density at radius 2 is 2.27 bits per heavy atom. The van der Waals surface area contributed by atoms with Gasteiger partial charge in [0.05, 0.1) is 18.2 Å². The molecule has 80 valence electrons. The van der Waals surface area contributed by atoms with Gasteiger partial charge in [0.2, 0.25) is 11.6 Å². The molecule has 2 heterocycles. The van der Waals surface area contributed by atoms with Crippen molar-refractivity contribution in [3.8, 4) is 5.82 Å². The van der Waals surface area contributed by atoms with Crippen LogP contribution in [0.25, 0.3) is 5.82 Å². The molecular formula is C6H7ClN6O2. The van der Waals surface area contributed by atoms with Gasteiger partial charge in [-0.25, -0.2) is 4.63 Å². The van der Waals surface area contributed by atoms with Crippen molar-refractivity contribution in [2.75, 3.05) is 5.73 Å². The number of aliphatic hydroxyl groups excluding tert-OH is 1. The van der Waals surface area contributed by atoms with Crippen LogP contribution in [0.3, 0.4) is 0 Å². The molecule has 0 radical (unpaired) electrons. The smallest absolute Gasteiger partial charge is 0.243 e. The quantitative estimate of drug-likeness (QED) is 0.681. The second-order valence-electron chi connectivity index (χ2n) is 2.66. The van der Waals surface area contributed by atoms with E-state index in [1.54, 1.807) is 0 Å².